The van der Waals surface area contributed by atoms with Crippen LogP contribution in [-0.2, 0) is 0 Å². The molecule has 100 valence electrons. The molecule has 4 heteroatoms. The normalized spacial score (nSPS) is 12.2. The molecule has 1 N–H and O–H groups in total. The van der Waals surface area contributed by atoms with Crippen molar-refractivity contribution in [2.24, 2.45) is 0 Å². The first-order valence-electron chi connectivity index (χ1n) is 6.10. The number of thiophene rings is 1. The van der Waals surface area contributed by atoms with Gasteiger partial charge < -0.3 is 5.32 Å². The Hall–Kier alpha value is -1.13. The van der Waals surface area contributed by atoms with Crippen LogP contribution >= 0.6 is 27.3 Å². The summed E-state index contributed by atoms with van der Waals surface area (Å²) in [5.41, 5.74) is 1.76. The summed E-state index contributed by atoms with van der Waals surface area (Å²) in [4.78, 5) is 14.6. The van der Waals surface area contributed by atoms with Crippen molar-refractivity contribution >= 4 is 33.2 Å². The lowest BCUT2D eigenvalue weighted by molar-refractivity contribution is 0.0940. The molecule has 2 rings (SSSR count). The van der Waals surface area contributed by atoms with Crippen LogP contribution < -0.4 is 5.32 Å². The van der Waals surface area contributed by atoms with Crippen LogP contribution in [0.25, 0.3) is 0 Å². The van der Waals surface area contributed by atoms with E-state index in [4.69, 9.17) is 0 Å². The van der Waals surface area contributed by atoms with Crippen LogP contribution in [0, 0.1) is 13.8 Å². The van der Waals surface area contributed by atoms with E-state index in [0.29, 0.717) is 5.56 Å². The number of rotatable bonds is 3. The highest BCUT2D eigenvalue weighted by Gasteiger charge is 2.13. The van der Waals surface area contributed by atoms with E-state index in [-0.39, 0.29) is 11.9 Å². The van der Waals surface area contributed by atoms with Gasteiger partial charge in [-0.25, -0.2) is 0 Å². The summed E-state index contributed by atoms with van der Waals surface area (Å²) in [5, 5.41) is 3.03. The van der Waals surface area contributed by atoms with Gasteiger partial charge in [0.25, 0.3) is 5.91 Å². The standard InChI is InChI=1S/C15H16BrNOS/c1-9-6-12(8-13(16)7-9)15(18)17-11(3)14-5-4-10(2)19-14/h4-8,11H,1-3H3,(H,17,18). The van der Waals surface area contributed by atoms with E-state index in [1.807, 2.05) is 32.0 Å². The van der Waals surface area contributed by atoms with Crippen molar-refractivity contribution < 1.29 is 4.79 Å². The molecule has 1 unspecified atom stereocenters. The first kappa shape index (κ1) is 14.3. The van der Waals surface area contributed by atoms with Crippen LogP contribution in [0.2, 0.25) is 0 Å². The number of benzene rings is 1. The number of halogens is 1. The van der Waals surface area contributed by atoms with Crippen LogP contribution in [0.4, 0.5) is 0 Å². The third-order valence-corrected chi connectivity index (χ3v) is 4.48. The molecule has 1 heterocycles. The van der Waals surface area contributed by atoms with Gasteiger partial charge in [0.1, 0.15) is 0 Å². The summed E-state index contributed by atoms with van der Waals surface area (Å²) in [6.45, 7) is 6.06. The number of nitrogens with one attached hydrogen (secondary N) is 1. The predicted octanol–water partition coefficient (Wildman–Crippen LogP) is 4.62. The predicted molar refractivity (Wildman–Crippen MR) is 83.8 cm³/mol. The topological polar surface area (TPSA) is 29.1 Å². The molecule has 0 saturated heterocycles. The molecule has 0 saturated carbocycles. The van der Waals surface area contributed by atoms with Crippen molar-refractivity contribution in [1.29, 1.82) is 0 Å². The van der Waals surface area contributed by atoms with Crippen LogP contribution in [0.15, 0.2) is 34.8 Å². The van der Waals surface area contributed by atoms with Gasteiger partial charge >= 0.3 is 0 Å². The third-order valence-electron chi connectivity index (χ3n) is 2.84. The number of carbonyl (C=O) groups excluding carboxylic acids is 1. The van der Waals surface area contributed by atoms with Gasteiger partial charge in [0.15, 0.2) is 0 Å². The second kappa shape index (κ2) is 5.88. The maximum Gasteiger partial charge on any atom is 0.251 e. The van der Waals surface area contributed by atoms with E-state index in [1.165, 1.54) is 9.75 Å². The molecule has 1 aromatic heterocycles. The Morgan fingerprint density at radius 2 is 2.00 bits per heavy atom. The minimum absolute atomic E-state index is 0.0329. The molecule has 0 bridgehead atoms. The first-order valence-corrected chi connectivity index (χ1v) is 7.71. The van der Waals surface area contributed by atoms with Crippen LogP contribution in [-0.4, -0.2) is 5.91 Å². The first-order chi connectivity index (χ1) is 8.95. The van der Waals surface area contributed by atoms with Crippen molar-refractivity contribution in [3.8, 4) is 0 Å². The van der Waals surface area contributed by atoms with Gasteiger partial charge in [-0.2, -0.15) is 0 Å². The Morgan fingerprint density at radius 1 is 1.26 bits per heavy atom. The molecule has 19 heavy (non-hydrogen) atoms. The van der Waals surface area contributed by atoms with Gasteiger partial charge in [0, 0.05) is 19.8 Å². The van der Waals surface area contributed by atoms with Crippen molar-refractivity contribution in [1.82, 2.24) is 5.32 Å². The van der Waals surface area contributed by atoms with Crippen molar-refractivity contribution in [3.63, 3.8) is 0 Å². The van der Waals surface area contributed by atoms with E-state index in [9.17, 15) is 4.79 Å². The summed E-state index contributed by atoms with van der Waals surface area (Å²) in [5.74, 6) is -0.0389. The summed E-state index contributed by atoms with van der Waals surface area (Å²) >= 11 is 5.13. The summed E-state index contributed by atoms with van der Waals surface area (Å²) in [6, 6.07) is 9.90. The minimum Gasteiger partial charge on any atom is -0.345 e. The molecule has 1 aromatic carbocycles. The average molecular weight is 338 g/mol. The van der Waals surface area contributed by atoms with E-state index in [2.05, 4.69) is 40.3 Å². The highest BCUT2D eigenvalue weighted by molar-refractivity contribution is 9.10. The Labute approximate surface area is 126 Å². The van der Waals surface area contributed by atoms with Crippen molar-refractivity contribution in [2.75, 3.05) is 0 Å². The zero-order chi connectivity index (χ0) is 14.0. The Bertz CT molecular complexity index is 586. The molecule has 0 spiro atoms. The maximum absolute atomic E-state index is 12.2. The fourth-order valence-electron chi connectivity index (χ4n) is 1.90. The van der Waals surface area contributed by atoms with Gasteiger partial charge in [0.2, 0.25) is 0 Å². The smallest absolute Gasteiger partial charge is 0.251 e. The van der Waals surface area contributed by atoms with Gasteiger partial charge in [-0.1, -0.05) is 15.9 Å². The van der Waals surface area contributed by atoms with Crippen LogP contribution in [0.1, 0.15) is 38.6 Å². The average Bonchev–Trinajstić information content (AvgIpc) is 2.74. The molecule has 0 aliphatic carbocycles. The third kappa shape index (κ3) is 3.67. The maximum atomic E-state index is 12.2. The molecule has 0 radical (unpaired) electrons. The molecular formula is C15H16BrNOS. The molecule has 2 aromatic rings. The Balaban J connectivity index is 2.12. The Kier molecular flexibility index (Phi) is 4.42. The largest absolute Gasteiger partial charge is 0.345 e. The fraction of sp³-hybridized carbons (Fsp3) is 0.267. The van der Waals surface area contributed by atoms with Gasteiger partial charge in [-0.3, -0.25) is 4.79 Å². The van der Waals surface area contributed by atoms with Crippen LogP contribution in [0.5, 0.6) is 0 Å². The molecule has 0 aliphatic rings. The molecular weight excluding hydrogens is 322 g/mol. The molecule has 1 atom stereocenters. The van der Waals surface area contributed by atoms with E-state index < -0.39 is 0 Å². The second-order valence-corrected chi connectivity index (χ2v) is 6.90. The monoisotopic (exact) mass is 337 g/mol. The molecule has 2 nitrogen and oxygen atoms in total. The van der Waals surface area contributed by atoms with Crippen molar-refractivity contribution in [2.45, 2.75) is 26.8 Å². The minimum atomic E-state index is -0.0389. The molecule has 1 amide bonds. The number of carbonyl (C=O) groups is 1. The van der Waals surface area contributed by atoms with Gasteiger partial charge in [-0.15, -0.1) is 11.3 Å². The quantitative estimate of drug-likeness (QED) is 0.869. The highest BCUT2D eigenvalue weighted by Crippen LogP contribution is 2.23. The summed E-state index contributed by atoms with van der Waals surface area (Å²) in [6.07, 6.45) is 0. The summed E-state index contributed by atoms with van der Waals surface area (Å²) < 4.78 is 0.928. The van der Waals surface area contributed by atoms with Gasteiger partial charge in [-0.05, 0) is 56.7 Å². The van der Waals surface area contributed by atoms with Crippen LogP contribution in [0.3, 0.4) is 0 Å². The lowest BCUT2D eigenvalue weighted by Gasteiger charge is -2.12. The zero-order valence-electron chi connectivity index (χ0n) is 11.2. The highest BCUT2D eigenvalue weighted by atomic mass is 79.9. The molecule has 0 fully saturated rings. The van der Waals surface area contributed by atoms with E-state index in [1.54, 1.807) is 11.3 Å². The summed E-state index contributed by atoms with van der Waals surface area (Å²) in [7, 11) is 0. The molecule has 0 aliphatic heterocycles. The number of amides is 1. The van der Waals surface area contributed by atoms with Gasteiger partial charge in [0.05, 0.1) is 6.04 Å². The lowest BCUT2D eigenvalue weighted by atomic mass is 10.1. The van der Waals surface area contributed by atoms with Crippen molar-refractivity contribution in [3.05, 3.63) is 55.7 Å². The number of hydrogen-bond donors (Lipinski definition) is 1. The Morgan fingerprint density at radius 3 is 2.58 bits per heavy atom. The SMILES string of the molecule is Cc1cc(Br)cc(C(=O)NC(C)c2ccc(C)s2)c1. The fourth-order valence-corrected chi connectivity index (χ4v) is 3.39. The zero-order valence-corrected chi connectivity index (χ0v) is 13.6. The van der Waals surface area contributed by atoms with E-state index >= 15 is 0 Å². The number of aryl methyl sites for hydroxylation is 2. The second-order valence-electron chi connectivity index (χ2n) is 4.66. The van der Waals surface area contributed by atoms with E-state index in [0.717, 1.165) is 10.0 Å². The lowest BCUT2D eigenvalue weighted by Crippen LogP contribution is -2.26. The number of hydrogen-bond acceptors (Lipinski definition) is 2.